The van der Waals surface area contributed by atoms with Crippen molar-refractivity contribution in [3.63, 3.8) is 0 Å². The van der Waals surface area contributed by atoms with E-state index >= 15 is 0 Å². The molecule has 0 saturated carbocycles. The molecule has 0 bridgehead atoms. The standard InChI is InChI=1S/C20H24N2O3/c1-4-12-25-20(24)16-8-10-17(11-9-16)21-13-18(23)22-19-14(2)6-5-7-15(19)3/h5-11,21H,4,12-13H2,1-3H3,(H,22,23). The number of esters is 1. The van der Waals surface area contributed by atoms with Crippen molar-refractivity contribution in [2.24, 2.45) is 0 Å². The van der Waals surface area contributed by atoms with E-state index < -0.39 is 0 Å². The summed E-state index contributed by atoms with van der Waals surface area (Å²) in [6.45, 7) is 6.44. The Labute approximate surface area is 148 Å². The summed E-state index contributed by atoms with van der Waals surface area (Å²) in [6.07, 6.45) is 0.793. The predicted molar refractivity (Wildman–Crippen MR) is 100 cm³/mol. The van der Waals surface area contributed by atoms with Crippen molar-refractivity contribution < 1.29 is 14.3 Å². The molecule has 2 rings (SSSR count). The first-order valence-corrected chi connectivity index (χ1v) is 8.38. The van der Waals surface area contributed by atoms with Crippen molar-refractivity contribution in [1.82, 2.24) is 0 Å². The number of amides is 1. The summed E-state index contributed by atoms with van der Waals surface area (Å²) in [4.78, 5) is 23.9. The van der Waals surface area contributed by atoms with Gasteiger partial charge in [-0.3, -0.25) is 4.79 Å². The van der Waals surface area contributed by atoms with Gasteiger partial charge in [0, 0.05) is 11.4 Å². The summed E-state index contributed by atoms with van der Waals surface area (Å²) in [6, 6.07) is 12.8. The Morgan fingerprint density at radius 3 is 2.24 bits per heavy atom. The van der Waals surface area contributed by atoms with Crippen molar-refractivity contribution in [2.45, 2.75) is 27.2 Å². The molecule has 0 spiro atoms. The van der Waals surface area contributed by atoms with Gasteiger partial charge in [-0.2, -0.15) is 0 Å². The first-order chi connectivity index (χ1) is 12.0. The van der Waals surface area contributed by atoms with Gasteiger partial charge >= 0.3 is 5.97 Å². The average Bonchev–Trinajstić information content (AvgIpc) is 2.61. The maximum absolute atomic E-state index is 12.1. The molecule has 0 aromatic heterocycles. The number of aryl methyl sites for hydroxylation is 2. The topological polar surface area (TPSA) is 67.4 Å². The van der Waals surface area contributed by atoms with Gasteiger partial charge in [-0.1, -0.05) is 25.1 Å². The Morgan fingerprint density at radius 1 is 1.00 bits per heavy atom. The van der Waals surface area contributed by atoms with Gasteiger partial charge in [-0.05, 0) is 55.7 Å². The van der Waals surface area contributed by atoms with Gasteiger partial charge in [-0.15, -0.1) is 0 Å². The zero-order valence-corrected chi connectivity index (χ0v) is 14.9. The fourth-order valence-corrected chi connectivity index (χ4v) is 2.38. The van der Waals surface area contributed by atoms with Crippen LogP contribution in [0.1, 0.15) is 34.8 Å². The Balaban J connectivity index is 1.88. The lowest BCUT2D eigenvalue weighted by atomic mass is 10.1. The molecule has 5 nitrogen and oxygen atoms in total. The summed E-state index contributed by atoms with van der Waals surface area (Å²) in [7, 11) is 0. The second kappa shape index (κ2) is 8.87. The zero-order chi connectivity index (χ0) is 18.2. The van der Waals surface area contributed by atoms with Crippen LogP contribution in [0.15, 0.2) is 42.5 Å². The van der Waals surface area contributed by atoms with E-state index in [1.807, 2.05) is 39.0 Å². The second-order valence-corrected chi connectivity index (χ2v) is 5.88. The van der Waals surface area contributed by atoms with E-state index in [-0.39, 0.29) is 18.4 Å². The normalized spacial score (nSPS) is 10.2. The van der Waals surface area contributed by atoms with Crippen LogP contribution >= 0.6 is 0 Å². The molecule has 0 atom stereocenters. The van der Waals surface area contributed by atoms with Crippen LogP contribution in [0.5, 0.6) is 0 Å². The fraction of sp³-hybridized carbons (Fsp3) is 0.300. The van der Waals surface area contributed by atoms with Gasteiger partial charge < -0.3 is 15.4 Å². The van der Waals surface area contributed by atoms with E-state index in [4.69, 9.17) is 4.74 Å². The molecule has 0 radical (unpaired) electrons. The highest BCUT2D eigenvalue weighted by molar-refractivity contribution is 5.95. The minimum atomic E-state index is -0.332. The van der Waals surface area contributed by atoms with Crippen LogP contribution in [-0.2, 0) is 9.53 Å². The highest BCUT2D eigenvalue weighted by atomic mass is 16.5. The fourth-order valence-electron chi connectivity index (χ4n) is 2.38. The summed E-state index contributed by atoms with van der Waals surface area (Å²) in [5, 5.41) is 5.97. The van der Waals surface area contributed by atoms with Crippen LogP contribution in [-0.4, -0.2) is 25.0 Å². The molecule has 25 heavy (non-hydrogen) atoms. The number of rotatable bonds is 7. The molecule has 2 aromatic carbocycles. The number of hydrogen-bond acceptors (Lipinski definition) is 4. The van der Waals surface area contributed by atoms with Crippen LogP contribution in [0, 0.1) is 13.8 Å². The minimum absolute atomic E-state index is 0.121. The Kier molecular flexibility index (Phi) is 6.57. The molecule has 2 N–H and O–H groups in total. The number of anilines is 2. The van der Waals surface area contributed by atoms with E-state index in [0.29, 0.717) is 12.2 Å². The van der Waals surface area contributed by atoms with E-state index in [0.717, 1.165) is 28.9 Å². The Hall–Kier alpha value is -2.82. The summed E-state index contributed by atoms with van der Waals surface area (Å²) >= 11 is 0. The average molecular weight is 340 g/mol. The molecule has 1 amide bonds. The van der Waals surface area contributed by atoms with Crippen molar-refractivity contribution >= 4 is 23.3 Å². The number of benzene rings is 2. The smallest absolute Gasteiger partial charge is 0.338 e. The molecule has 5 heteroatoms. The van der Waals surface area contributed by atoms with E-state index in [1.54, 1.807) is 24.3 Å². The van der Waals surface area contributed by atoms with Crippen molar-refractivity contribution in [3.8, 4) is 0 Å². The highest BCUT2D eigenvalue weighted by Gasteiger charge is 2.08. The first kappa shape index (κ1) is 18.5. The minimum Gasteiger partial charge on any atom is -0.462 e. The quantitative estimate of drug-likeness (QED) is 0.750. The summed E-state index contributed by atoms with van der Waals surface area (Å²) in [5.74, 6) is -0.454. The summed E-state index contributed by atoms with van der Waals surface area (Å²) in [5.41, 5.74) is 4.18. The molecule has 132 valence electrons. The molecular weight excluding hydrogens is 316 g/mol. The molecule has 0 aliphatic rings. The summed E-state index contributed by atoms with van der Waals surface area (Å²) < 4.78 is 5.08. The maximum Gasteiger partial charge on any atom is 0.338 e. The number of nitrogens with one attached hydrogen (secondary N) is 2. The van der Waals surface area contributed by atoms with Crippen LogP contribution in [0.2, 0.25) is 0 Å². The lowest BCUT2D eigenvalue weighted by molar-refractivity contribution is -0.114. The molecule has 0 aliphatic heterocycles. The number of hydrogen-bond donors (Lipinski definition) is 2. The van der Waals surface area contributed by atoms with E-state index in [9.17, 15) is 9.59 Å². The van der Waals surface area contributed by atoms with E-state index in [1.165, 1.54) is 0 Å². The molecule has 2 aromatic rings. The Bertz CT molecular complexity index is 719. The third kappa shape index (κ3) is 5.35. The first-order valence-electron chi connectivity index (χ1n) is 8.38. The van der Waals surface area contributed by atoms with Gasteiger partial charge in [0.25, 0.3) is 0 Å². The number of carbonyl (C=O) groups excluding carboxylic acids is 2. The van der Waals surface area contributed by atoms with Gasteiger partial charge in [0.15, 0.2) is 0 Å². The SMILES string of the molecule is CCCOC(=O)c1ccc(NCC(=O)Nc2c(C)cccc2C)cc1. The maximum atomic E-state index is 12.1. The molecule has 0 fully saturated rings. The monoisotopic (exact) mass is 340 g/mol. The largest absolute Gasteiger partial charge is 0.462 e. The third-order valence-corrected chi connectivity index (χ3v) is 3.76. The number of carbonyl (C=O) groups is 2. The number of para-hydroxylation sites is 1. The van der Waals surface area contributed by atoms with Crippen LogP contribution < -0.4 is 10.6 Å². The molecule has 0 aliphatic carbocycles. The third-order valence-electron chi connectivity index (χ3n) is 3.76. The van der Waals surface area contributed by atoms with Crippen molar-refractivity contribution in [3.05, 3.63) is 59.2 Å². The van der Waals surface area contributed by atoms with Crippen molar-refractivity contribution in [1.29, 1.82) is 0 Å². The highest BCUT2D eigenvalue weighted by Crippen LogP contribution is 2.19. The molecule has 0 saturated heterocycles. The van der Waals surface area contributed by atoms with Crippen LogP contribution in [0.4, 0.5) is 11.4 Å². The predicted octanol–water partition coefficient (Wildman–Crippen LogP) is 3.92. The van der Waals surface area contributed by atoms with Crippen LogP contribution in [0.3, 0.4) is 0 Å². The number of ether oxygens (including phenoxy) is 1. The van der Waals surface area contributed by atoms with Crippen LogP contribution in [0.25, 0.3) is 0 Å². The lowest BCUT2D eigenvalue weighted by Crippen LogP contribution is -2.22. The van der Waals surface area contributed by atoms with Gasteiger partial charge in [-0.25, -0.2) is 4.79 Å². The van der Waals surface area contributed by atoms with Gasteiger partial charge in [0.05, 0.1) is 18.7 Å². The molecule has 0 heterocycles. The lowest BCUT2D eigenvalue weighted by Gasteiger charge is -2.12. The zero-order valence-electron chi connectivity index (χ0n) is 14.9. The molecular formula is C20H24N2O3. The second-order valence-electron chi connectivity index (χ2n) is 5.88. The van der Waals surface area contributed by atoms with Gasteiger partial charge in [0.1, 0.15) is 0 Å². The van der Waals surface area contributed by atoms with Crippen molar-refractivity contribution in [2.75, 3.05) is 23.8 Å². The van der Waals surface area contributed by atoms with Gasteiger partial charge in [0.2, 0.25) is 5.91 Å². The molecule has 0 unspecified atom stereocenters. The Morgan fingerprint density at radius 2 is 1.64 bits per heavy atom. The van der Waals surface area contributed by atoms with E-state index in [2.05, 4.69) is 10.6 Å².